The zero-order valence-electron chi connectivity index (χ0n) is 41.5. The number of hydrogen-bond donors (Lipinski definition) is 8. The maximum Gasteiger partial charge on any atom is 0.249 e. The van der Waals surface area contributed by atoms with Crippen molar-refractivity contribution >= 4 is 5.91 Å². The Morgan fingerprint density at radius 3 is 1.16 bits per heavy atom. The van der Waals surface area contributed by atoms with Crippen molar-refractivity contribution in [2.75, 3.05) is 13.2 Å². The smallest absolute Gasteiger partial charge is 0.249 e. The number of nitrogens with one attached hydrogen (secondary N) is 1. The second kappa shape index (κ2) is 43.4. The van der Waals surface area contributed by atoms with Crippen molar-refractivity contribution in [2.24, 2.45) is 0 Å². The van der Waals surface area contributed by atoms with Gasteiger partial charge in [-0.3, -0.25) is 4.79 Å². The van der Waals surface area contributed by atoms with Crippen LogP contribution in [0.1, 0.15) is 264 Å². The summed E-state index contributed by atoms with van der Waals surface area (Å²) in [6.45, 7) is 3.44. The fourth-order valence-corrected chi connectivity index (χ4v) is 9.15. The van der Waals surface area contributed by atoms with Gasteiger partial charge >= 0.3 is 0 Å². The molecule has 11 nitrogen and oxygen atoms in total. The van der Waals surface area contributed by atoms with Crippen molar-refractivity contribution in [1.29, 1.82) is 0 Å². The Balaban J connectivity index is 2.21. The molecule has 0 bridgehead atoms. The molecule has 0 saturated carbocycles. The van der Waals surface area contributed by atoms with E-state index >= 15 is 0 Å². The Morgan fingerprint density at radius 1 is 0.484 bits per heavy atom. The van der Waals surface area contributed by atoms with E-state index in [-0.39, 0.29) is 6.42 Å². The molecule has 1 amide bonds. The number of aliphatic hydroxyl groups excluding tert-OH is 7. The third kappa shape index (κ3) is 32.0. The average molecular weight is 916 g/mol. The number of rotatable bonds is 47. The summed E-state index contributed by atoms with van der Waals surface area (Å²) < 4.78 is 11.1. The second-order valence-corrected chi connectivity index (χ2v) is 19.7. The van der Waals surface area contributed by atoms with Gasteiger partial charge in [0.2, 0.25) is 5.91 Å². The largest absolute Gasteiger partial charge is 0.394 e. The number of unbranched alkanes of at least 4 members (excludes halogenated alkanes) is 35. The van der Waals surface area contributed by atoms with Crippen LogP contribution in [0.25, 0.3) is 0 Å². The quantitative estimate of drug-likeness (QED) is 0.0273. The Labute approximate surface area is 392 Å². The van der Waals surface area contributed by atoms with Gasteiger partial charge in [-0.05, 0) is 12.8 Å². The predicted octanol–water partition coefficient (Wildman–Crippen LogP) is 10.6. The Hall–Kier alpha value is -0.890. The van der Waals surface area contributed by atoms with Gasteiger partial charge in [0.05, 0.1) is 25.4 Å². The van der Waals surface area contributed by atoms with E-state index in [0.717, 1.165) is 38.5 Å². The lowest BCUT2D eigenvalue weighted by molar-refractivity contribution is -0.303. The fourth-order valence-electron chi connectivity index (χ4n) is 9.15. The molecule has 0 aromatic rings. The van der Waals surface area contributed by atoms with Gasteiger partial charge in [0, 0.05) is 0 Å². The van der Waals surface area contributed by atoms with Crippen molar-refractivity contribution in [3.63, 3.8) is 0 Å². The van der Waals surface area contributed by atoms with Gasteiger partial charge in [-0.25, -0.2) is 0 Å². The van der Waals surface area contributed by atoms with Crippen molar-refractivity contribution in [3.05, 3.63) is 0 Å². The zero-order chi connectivity index (χ0) is 46.9. The fraction of sp³-hybridized carbons (Fsp3) is 0.981. The average Bonchev–Trinajstić information content (AvgIpc) is 3.29. The number of aliphatic hydroxyl groups is 7. The first-order valence-electron chi connectivity index (χ1n) is 27.4. The molecule has 1 aliphatic rings. The molecule has 1 heterocycles. The normalized spacial score (nSPS) is 20.9. The minimum absolute atomic E-state index is 0.264. The van der Waals surface area contributed by atoms with Gasteiger partial charge in [0.15, 0.2) is 6.29 Å². The van der Waals surface area contributed by atoms with E-state index in [1.54, 1.807) is 0 Å². The molecule has 0 aromatic carbocycles. The summed E-state index contributed by atoms with van der Waals surface area (Å²) >= 11 is 0. The summed E-state index contributed by atoms with van der Waals surface area (Å²) in [4.78, 5) is 13.1. The number of ether oxygens (including phenoxy) is 2. The molecule has 9 atom stereocenters. The summed E-state index contributed by atoms with van der Waals surface area (Å²) in [7, 11) is 0. The molecule has 9 unspecified atom stereocenters. The van der Waals surface area contributed by atoms with Gasteiger partial charge in [0.25, 0.3) is 0 Å². The van der Waals surface area contributed by atoms with Crippen molar-refractivity contribution in [2.45, 2.75) is 319 Å². The molecule has 0 radical (unpaired) electrons. The third-order valence-electron chi connectivity index (χ3n) is 13.7. The molecule has 1 fully saturated rings. The molecular formula is C53H105NO10. The molecule has 382 valence electrons. The molecule has 1 aliphatic heterocycles. The topological polar surface area (TPSA) is 189 Å². The van der Waals surface area contributed by atoms with Crippen LogP contribution in [0.15, 0.2) is 0 Å². The summed E-state index contributed by atoms with van der Waals surface area (Å²) in [5.41, 5.74) is 0. The molecule has 64 heavy (non-hydrogen) atoms. The van der Waals surface area contributed by atoms with Crippen molar-refractivity contribution in [1.82, 2.24) is 5.32 Å². The minimum Gasteiger partial charge on any atom is -0.394 e. The van der Waals surface area contributed by atoms with E-state index in [9.17, 15) is 40.5 Å². The van der Waals surface area contributed by atoms with Crippen LogP contribution in [0.5, 0.6) is 0 Å². The molecule has 0 spiro atoms. The highest BCUT2D eigenvalue weighted by atomic mass is 16.7. The van der Waals surface area contributed by atoms with Gasteiger partial charge in [-0.1, -0.05) is 251 Å². The molecule has 8 N–H and O–H groups in total. The molecule has 0 aliphatic carbocycles. The van der Waals surface area contributed by atoms with E-state index in [2.05, 4.69) is 19.2 Å². The van der Waals surface area contributed by atoms with Crippen molar-refractivity contribution in [3.8, 4) is 0 Å². The summed E-state index contributed by atoms with van der Waals surface area (Å²) in [6.07, 6.45) is 36.2. The zero-order valence-corrected chi connectivity index (χ0v) is 41.5. The predicted molar refractivity (Wildman–Crippen MR) is 261 cm³/mol. The number of carbonyl (C=O) groups is 1. The first kappa shape index (κ1) is 61.1. The van der Waals surface area contributed by atoms with Crippen molar-refractivity contribution < 1.29 is 50.0 Å². The molecule has 1 rings (SSSR count). The van der Waals surface area contributed by atoms with E-state index in [0.29, 0.717) is 19.3 Å². The van der Waals surface area contributed by atoms with Crippen LogP contribution in [-0.4, -0.2) is 110 Å². The summed E-state index contributed by atoms with van der Waals surface area (Å²) in [6, 6.07) is -1.16. The summed E-state index contributed by atoms with van der Waals surface area (Å²) in [5, 5.41) is 75.8. The lowest BCUT2D eigenvalue weighted by Crippen LogP contribution is -2.60. The van der Waals surface area contributed by atoms with Crippen LogP contribution in [0.2, 0.25) is 0 Å². The highest BCUT2D eigenvalue weighted by Crippen LogP contribution is 2.23. The van der Waals surface area contributed by atoms with Crippen LogP contribution < -0.4 is 5.32 Å². The van der Waals surface area contributed by atoms with Crippen LogP contribution in [0.3, 0.4) is 0 Å². The first-order valence-corrected chi connectivity index (χ1v) is 27.4. The number of carbonyl (C=O) groups excluding carboxylic acids is 1. The highest BCUT2D eigenvalue weighted by Gasteiger charge is 2.44. The second-order valence-electron chi connectivity index (χ2n) is 19.7. The van der Waals surface area contributed by atoms with Crippen LogP contribution in [0.4, 0.5) is 0 Å². The number of hydrogen-bond acceptors (Lipinski definition) is 10. The first-order chi connectivity index (χ1) is 31.2. The third-order valence-corrected chi connectivity index (χ3v) is 13.7. The maximum atomic E-state index is 13.1. The maximum absolute atomic E-state index is 13.1. The van der Waals surface area contributed by atoms with E-state index in [1.165, 1.54) is 186 Å². The summed E-state index contributed by atoms with van der Waals surface area (Å²) in [5.74, 6) is -0.696. The number of amides is 1. The Kier molecular flexibility index (Phi) is 41.4. The van der Waals surface area contributed by atoms with E-state index < -0.39 is 74.2 Å². The Bertz CT molecular complexity index is 1010. The lowest BCUT2D eigenvalue weighted by atomic mass is 9.98. The SMILES string of the molecule is CCCCCCCCCCCCCCCCCCCCCCCCCCCCCCC(O)C(O)C(COC1OC(CO)C(O)C(O)C1O)NC(=O)C(O)CCCCCCCCCCC. The molecular weight excluding hydrogens is 811 g/mol. The van der Waals surface area contributed by atoms with Crippen LogP contribution in [-0.2, 0) is 14.3 Å². The standard InChI is InChI=1S/C53H105NO10/c1-3-5-7-9-11-13-14-15-16-17-18-19-20-21-22-23-24-25-26-27-28-29-30-31-33-34-36-38-40-45(56)48(58)44(43-63-53-51(61)50(60)49(59)47(42-55)64-53)54-52(62)46(57)41-39-37-35-32-12-10-8-6-4-2/h44-51,53,55-61H,3-43H2,1-2H3,(H,54,62). The van der Waals surface area contributed by atoms with Crippen LogP contribution in [0, 0.1) is 0 Å². The molecule has 11 heteroatoms. The molecule has 1 saturated heterocycles. The van der Waals surface area contributed by atoms with Crippen LogP contribution >= 0.6 is 0 Å². The van der Waals surface area contributed by atoms with Gasteiger partial charge < -0.3 is 50.5 Å². The van der Waals surface area contributed by atoms with E-state index in [1.807, 2.05) is 0 Å². The van der Waals surface area contributed by atoms with Gasteiger partial charge in [-0.15, -0.1) is 0 Å². The minimum atomic E-state index is -1.66. The van der Waals surface area contributed by atoms with Gasteiger partial charge in [0.1, 0.15) is 36.6 Å². The lowest BCUT2D eigenvalue weighted by Gasteiger charge is -2.40. The Morgan fingerprint density at radius 2 is 0.812 bits per heavy atom. The van der Waals surface area contributed by atoms with Gasteiger partial charge in [-0.2, -0.15) is 0 Å². The molecule has 0 aromatic heterocycles. The van der Waals surface area contributed by atoms with E-state index in [4.69, 9.17) is 9.47 Å². The monoisotopic (exact) mass is 916 g/mol. The highest BCUT2D eigenvalue weighted by molar-refractivity contribution is 5.80.